The smallest absolute Gasteiger partial charge is 0.265 e. The fraction of sp³-hybridized carbons (Fsp3) is 0.231. The van der Waals surface area contributed by atoms with E-state index in [4.69, 9.17) is 9.47 Å². The third kappa shape index (κ3) is 4.26. The van der Waals surface area contributed by atoms with Crippen molar-refractivity contribution in [2.24, 2.45) is 0 Å². The molecule has 182 valence electrons. The summed E-state index contributed by atoms with van der Waals surface area (Å²) in [6, 6.07) is 8.87. The summed E-state index contributed by atoms with van der Waals surface area (Å²) >= 11 is 0. The molecule has 2 aliphatic rings. The first-order valence-corrected chi connectivity index (χ1v) is 11.5. The molecule has 10 heteroatoms. The first-order chi connectivity index (χ1) is 17.5. The number of anilines is 1. The molecule has 0 saturated heterocycles. The van der Waals surface area contributed by atoms with E-state index in [1.807, 2.05) is 18.2 Å². The Kier molecular flexibility index (Phi) is 5.55. The summed E-state index contributed by atoms with van der Waals surface area (Å²) in [5.74, 6) is 3.24. The average molecular weight is 489 g/mol. The molecule has 3 aromatic heterocycles. The number of imidazole rings is 1. The third-order valence-corrected chi connectivity index (χ3v) is 6.34. The van der Waals surface area contributed by atoms with Gasteiger partial charge in [0.15, 0.2) is 0 Å². The van der Waals surface area contributed by atoms with E-state index >= 15 is 0 Å². The molecule has 0 fully saturated rings. The van der Waals surface area contributed by atoms with E-state index in [2.05, 4.69) is 25.3 Å². The highest BCUT2D eigenvalue weighted by molar-refractivity contribution is 5.93. The highest BCUT2D eigenvalue weighted by atomic mass is 19.3. The second-order valence-corrected chi connectivity index (χ2v) is 8.76. The highest BCUT2D eigenvalue weighted by Gasteiger charge is 2.25. The van der Waals surface area contributed by atoms with Gasteiger partial charge in [0.05, 0.1) is 24.4 Å². The van der Waals surface area contributed by atoms with Crippen LogP contribution in [0.15, 0.2) is 55.1 Å². The van der Waals surface area contributed by atoms with Gasteiger partial charge in [-0.05, 0) is 48.7 Å². The van der Waals surface area contributed by atoms with E-state index in [9.17, 15) is 13.6 Å². The molecule has 0 spiro atoms. The quantitative estimate of drug-likeness (QED) is 0.400. The van der Waals surface area contributed by atoms with Crippen molar-refractivity contribution in [2.45, 2.75) is 31.6 Å². The summed E-state index contributed by atoms with van der Waals surface area (Å²) in [7, 11) is 0. The number of aromatic nitrogens is 4. The molecule has 1 atom stereocenters. The lowest BCUT2D eigenvalue weighted by Crippen LogP contribution is -2.20. The lowest BCUT2D eigenvalue weighted by atomic mass is 9.96. The molecule has 5 heterocycles. The van der Waals surface area contributed by atoms with Crippen molar-refractivity contribution in [3.63, 3.8) is 0 Å². The zero-order valence-electron chi connectivity index (χ0n) is 19.0. The fourth-order valence-electron chi connectivity index (χ4n) is 4.50. The largest absolute Gasteiger partial charge is 0.493 e. The number of pyridine rings is 2. The van der Waals surface area contributed by atoms with Crippen LogP contribution in [0, 0.1) is 0 Å². The Morgan fingerprint density at radius 1 is 1.08 bits per heavy atom. The second-order valence-electron chi connectivity index (χ2n) is 8.76. The van der Waals surface area contributed by atoms with Crippen LogP contribution in [0.5, 0.6) is 17.2 Å². The van der Waals surface area contributed by atoms with Crippen molar-refractivity contribution in [1.82, 2.24) is 19.9 Å². The van der Waals surface area contributed by atoms with E-state index in [1.165, 1.54) is 12.3 Å². The van der Waals surface area contributed by atoms with Gasteiger partial charge in [-0.3, -0.25) is 9.78 Å². The number of amides is 1. The van der Waals surface area contributed by atoms with Crippen LogP contribution in [0.4, 0.5) is 14.6 Å². The van der Waals surface area contributed by atoms with Gasteiger partial charge < -0.3 is 19.8 Å². The van der Waals surface area contributed by atoms with Crippen LogP contribution in [0.2, 0.25) is 0 Å². The maximum atomic E-state index is 13.1. The standard InChI is InChI=1S/C26H21F2N5O3/c27-24(28)16-8-15(10-29-11-16)20-12-31-25(32-20)17-7-14-9-18(1-3-21(14)35-13-17)36-22-5-6-30-26-19(22)2-4-23(34)33-26/h1,3,5-6,8-12,17,24H,2,4,7,13H2,(H,31,32)(H,30,33,34)/t17-/m1/s1. The van der Waals surface area contributed by atoms with Crippen molar-refractivity contribution in [2.75, 3.05) is 11.9 Å². The van der Waals surface area contributed by atoms with Crippen LogP contribution in [-0.4, -0.2) is 32.4 Å². The Labute approximate surface area is 204 Å². The van der Waals surface area contributed by atoms with E-state index in [1.54, 1.807) is 18.5 Å². The summed E-state index contributed by atoms with van der Waals surface area (Å²) in [6.07, 6.45) is 4.97. The van der Waals surface area contributed by atoms with Gasteiger partial charge in [0, 0.05) is 41.7 Å². The number of fused-ring (bicyclic) bond motifs is 2. The van der Waals surface area contributed by atoms with Crippen molar-refractivity contribution in [1.29, 1.82) is 0 Å². The number of hydrogen-bond donors (Lipinski definition) is 2. The molecule has 0 aliphatic carbocycles. The number of alkyl halides is 2. The molecular weight excluding hydrogens is 468 g/mol. The van der Waals surface area contributed by atoms with E-state index < -0.39 is 6.43 Å². The normalized spacial score (nSPS) is 16.6. The SMILES string of the molecule is O=C1CCc2c(Oc3ccc4c(c3)C[C@@H](c3ncc(-c5cncc(C(F)F)c5)[nH]3)CO4)ccnc2N1. The summed E-state index contributed by atoms with van der Waals surface area (Å²) < 4.78 is 38.3. The Balaban J connectivity index is 1.21. The molecule has 1 amide bonds. The number of carbonyl (C=O) groups is 1. The number of carbonyl (C=O) groups excluding carboxylic acids is 1. The third-order valence-electron chi connectivity index (χ3n) is 6.34. The lowest BCUT2D eigenvalue weighted by molar-refractivity contribution is -0.116. The summed E-state index contributed by atoms with van der Waals surface area (Å²) in [5, 5.41) is 2.78. The molecule has 2 N–H and O–H groups in total. The monoisotopic (exact) mass is 489 g/mol. The van der Waals surface area contributed by atoms with Crippen LogP contribution in [0.1, 0.15) is 41.3 Å². The zero-order chi connectivity index (χ0) is 24.6. The van der Waals surface area contributed by atoms with Gasteiger partial charge >= 0.3 is 0 Å². The molecule has 0 radical (unpaired) electrons. The minimum Gasteiger partial charge on any atom is -0.493 e. The number of rotatable bonds is 5. The minimum absolute atomic E-state index is 0.0448. The Morgan fingerprint density at radius 3 is 2.89 bits per heavy atom. The molecule has 0 unspecified atom stereocenters. The Hall–Kier alpha value is -4.34. The van der Waals surface area contributed by atoms with Crippen LogP contribution in [-0.2, 0) is 17.6 Å². The molecule has 2 aliphatic heterocycles. The van der Waals surface area contributed by atoms with Crippen LogP contribution in [0.25, 0.3) is 11.3 Å². The van der Waals surface area contributed by atoms with Gasteiger partial charge in [0.1, 0.15) is 28.9 Å². The number of nitrogens with zero attached hydrogens (tertiary/aromatic N) is 3. The highest BCUT2D eigenvalue weighted by Crippen LogP contribution is 2.37. The van der Waals surface area contributed by atoms with E-state index in [0.29, 0.717) is 60.3 Å². The number of aromatic amines is 1. The van der Waals surface area contributed by atoms with Crippen molar-refractivity contribution in [3.05, 3.63) is 77.6 Å². The number of benzene rings is 1. The molecular formula is C26H21F2N5O3. The predicted molar refractivity (Wildman–Crippen MR) is 126 cm³/mol. The second kappa shape index (κ2) is 9.03. The lowest BCUT2D eigenvalue weighted by Gasteiger charge is -2.25. The average Bonchev–Trinajstić information content (AvgIpc) is 3.39. The molecule has 1 aromatic carbocycles. The van der Waals surface area contributed by atoms with Gasteiger partial charge in [-0.15, -0.1) is 0 Å². The minimum atomic E-state index is -2.59. The maximum absolute atomic E-state index is 13.1. The van der Waals surface area contributed by atoms with Gasteiger partial charge in [0.25, 0.3) is 6.43 Å². The van der Waals surface area contributed by atoms with Crippen molar-refractivity contribution in [3.8, 4) is 28.5 Å². The molecule has 8 nitrogen and oxygen atoms in total. The van der Waals surface area contributed by atoms with Crippen LogP contribution < -0.4 is 14.8 Å². The number of H-pyrrole nitrogens is 1. The number of hydrogen-bond acceptors (Lipinski definition) is 6. The van der Waals surface area contributed by atoms with Gasteiger partial charge in [-0.1, -0.05) is 0 Å². The van der Waals surface area contributed by atoms with E-state index in [-0.39, 0.29) is 17.4 Å². The topological polar surface area (TPSA) is 102 Å². The fourth-order valence-corrected chi connectivity index (χ4v) is 4.50. The molecule has 6 rings (SSSR count). The van der Waals surface area contributed by atoms with Gasteiger partial charge in [-0.2, -0.15) is 0 Å². The zero-order valence-corrected chi connectivity index (χ0v) is 19.0. The van der Waals surface area contributed by atoms with Gasteiger partial charge in [0.2, 0.25) is 5.91 Å². The molecule has 0 saturated carbocycles. The summed E-state index contributed by atoms with van der Waals surface area (Å²) in [4.78, 5) is 27.6. The van der Waals surface area contributed by atoms with Crippen LogP contribution in [0.3, 0.4) is 0 Å². The Bertz CT molecular complexity index is 1460. The first kappa shape index (κ1) is 22.1. The predicted octanol–water partition coefficient (Wildman–Crippen LogP) is 5.20. The van der Waals surface area contributed by atoms with E-state index in [0.717, 1.165) is 23.1 Å². The number of nitrogens with one attached hydrogen (secondary N) is 2. The molecule has 0 bridgehead atoms. The number of ether oxygens (including phenoxy) is 2. The summed E-state index contributed by atoms with van der Waals surface area (Å²) in [5.41, 5.74) is 2.88. The van der Waals surface area contributed by atoms with Crippen molar-refractivity contribution < 1.29 is 23.0 Å². The van der Waals surface area contributed by atoms with Gasteiger partial charge in [-0.25, -0.2) is 18.7 Å². The molecule has 4 aromatic rings. The Morgan fingerprint density at radius 2 is 2.00 bits per heavy atom. The van der Waals surface area contributed by atoms with Crippen molar-refractivity contribution >= 4 is 11.7 Å². The maximum Gasteiger partial charge on any atom is 0.265 e. The molecule has 36 heavy (non-hydrogen) atoms. The summed E-state index contributed by atoms with van der Waals surface area (Å²) in [6.45, 7) is 0.438. The first-order valence-electron chi connectivity index (χ1n) is 11.5. The van der Waals surface area contributed by atoms with Crippen LogP contribution >= 0.6 is 0 Å². The number of halogens is 2.